The molecule has 0 saturated heterocycles. The molecule has 0 fully saturated rings. The molecule has 0 unspecified atom stereocenters. The summed E-state index contributed by atoms with van der Waals surface area (Å²) in [5.74, 6) is 0. The van der Waals surface area contributed by atoms with Crippen LogP contribution in [0.5, 0.6) is 0 Å². The summed E-state index contributed by atoms with van der Waals surface area (Å²) in [7, 11) is 0. The zero-order chi connectivity index (χ0) is 13.6. The van der Waals surface area contributed by atoms with Gasteiger partial charge < -0.3 is 0 Å². The second kappa shape index (κ2) is 7.85. The predicted molar refractivity (Wildman–Crippen MR) is 80.2 cm³/mol. The Labute approximate surface area is 139 Å². The molecule has 3 aromatic rings. The largest absolute Gasteiger partial charge is 0.255 e. The molecule has 0 radical (unpaired) electrons. The summed E-state index contributed by atoms with van der Waals surface area (Å²) in [6, 6.07) is 23.3. The molecule has 0 N–H and O–H groups in total. The monoisotopic (exact) mass is 454 g/mol. The summed E-state index contributed by atoms with van der Waals surface area (Å²) < 4.78 is 0. The van der Waals surface area contributed by atoms with Gasteiger partial charge in [-0.15, -0.1) is 0 Å². The molecule has 0 saturated carbocycles. The Kier molecular flexibility index (Phi) is 5.83. The number of hydrogen-bond acceptors (Lipinski definition) is 2. The molecule has 1 aromatic carbocycles. The average molecular weight is 454 g/mol. The second-order valence-corrected chi connectivity index (χ2v) is 4.62. The summed E-state index contributed by atoms with van der Waals surface area (Å²) in [5, 5.41) is 0. The standard InChI is InChI=1S/C18H15N2.Pt/c1-2-7-15(8-3-1)12-13-16-9-6-11-18(20-16)17-10-4-5-14-19-17;/h1-7,9-11,14H,12-13H2;/q-1;. The molecule has 3 rings (SSSR count). The van der Waals surface area contributed by atoms with Gasteiger partial charge in [-0.25, -0.2) is 0 Å². The summed E-state index contributed by atoms with van der Waals surface area (Å²) in [6.45, 7) is 0. The van der Waals surface area contributed by atoms with Gasteiger partial charge in [0.15, 0.2) is 0 Å². The number of pyridine rings is 2. The van der Waals surface area contributed by atoms with Gasteiger partial charge in [-0.1, -0.05) is 12.1 Å². The Bertz CT molecular complexity index is 669. The number of rotatable bonds is 4. The van der Waals surface area contributed by atoms with E-state index >= 15 is 0 Å². The van der Waals surface area contributed by atoms with E-state index in [-0.39, 0.29) is 21.1 Å². The van der Waals surface area contributed by atoms with Gasteiger partial charge in [-0.2, -0.15) is 35.9 Å². The molecule has 0 aliphatic heterocycles. The number of benzene rings is 1. The first-order chi connectivity index (χ1) is 9.92. The molecule has 21 heavy (non-hydrogen) atoms. The topological polar surface area (TPSA) is 25.8 Å². The fourth-order valence-corrected chi connectivity index (χ4v) is 2.12. The van der Waals surface area contributed by atoms with E-state index in [1.165, 1.54) is 5.56 Å². The van der Waals surface area contributed by atoms with Crippen LogP contribution in [-0.2, 0) is 33.9 Å². The van der Waals surface area contributed by atoms with E-state index in [4.69, 9.17) is 0 Å². The maximum Gasteiger partial charge on any atom is 0.0889 e. The van der Waals surface area contributed by atoms with Crippen molar-refractivity contribution in [3.05, 3.63) is 84.2 Å². The smallest absolute Gasteiger partial charge is 0.0889 e. The van der Waals surface area contributed by atoms with Gasteiger partial charge in [0.25, 0.3) is 0 Å². The van der Waals surface area contributed by atoms with Crippen molar-refractivity contribution in [1.29, 1.82) is 0 Å². The van der Waals surface area contributed by atoms with Gasteiger partial charge in [-0.3, -0.25) is 9.97 Å². The Hall–Kier alpha value is -1.79. The second-order valence-electron chi connectivity index (χ2n) is 4.62. The van der Waals surface area contributed by atoms with Crippen LogP contribution in [0.25, 0.3) is 11.4 Å². The molecule has 0 spiro atoms. The van der Waals surface area contributed by atoms with Gasteiger partial charge >= 0.3 is 0 Å². The van der Waals surface area contributed by atoms with Gasteiger partial charge in [0.1, 0.15) is 0 Å². The Balaban J connectivity index is 0.00000161. The van der Waals surface area contributed by atoms with E-state index in [0.717, 1.165) is 29.9 Å². The molecular weight excluding hydrogens is 439 g/mol. The zero-order valence-electron chi connectivity index (χ0n) is 11.5. The van der Waals surface area contributed by atoms with Crippen molar-refractivity contribution >= 4 is 0 Å². The van der Waals surface area contributed by atoms with Gasteiger partial charge in [0.05, 0.1) is 11.4 Å². The minimum Gasteiger partial charge on any atom is -0.255 e. The van der Waals surface area contributed by atoms with Crippen molar-refractivity contribution in [3.8, 4) is 11.4 Å². The molecule has 0 atom stereocenters. The molecule has 0 aliphatic carbocycles. The van der Waals surface area contributed by atoms with Crippen molar-refractivity contribution in [2.45, 2.75) is 12.8 Å². The third-order valence-electron chi connectivity index (χ3n) is 3.16. The van der Waals surface area contributed by atoms with Crippen LogP contribution in [0.4, 0.5) is 0 Å². The SMILES string of the molecule is [Pt].[c-]1ccccc1CCc1cccc(-c2ccccn2)n1. The average Bonchev–Trinajstić information content (AvgIpc) is 2.55. The fourth-order valence-electron chi connectivity index (χ4n) is 2.12. The van der Waals surface area contributed by atoms with E-state index in [0.29, 0.717) is 0 Å². The number of nitrogens with zero attached hydrogens (tertiary/aromatic N) is 2. The summed E-state index contributed by atoms with van der Waals surface area (Å²) in [5.41, 5.74) is 4.16. The van der Waals surface area contributed by atoms with Crippen LogP contribution in [0.3, 0.4) is 0 Å². The van der Waals surface area contributed by atoms with Gasteiger partial charge in [0.2, 0.25) is 0 Å². The first-order valence-electron chi connectivity index (χ1n) is 6.75. The van der Waals surface area contributed by atoms with Crippen molar-refractivity contribution in [3.63, 3.8) is 0 Å². The summed E-state index contributed by atoms with van der Waals surface area (Å²) >= 11 is 0. The van der Waals surface area contributed by atoms with E-state index in [9.17, 15) is 0 Å². The minimum atomic E-state index is 0. The molecule has 0 aliphatic rings. The number of aryl methyl sites for hydroxylation is 2. The van der Waals surface area contributed by atoms with Crippen LogP contribution in [-0.4, -0.2) is 9.97 Å². The maximum atomic E-state index is 4.68. The zero-order valence-corrected chi connectivity index (χ0v) is 13.7. The van der Waals surface area contributed by atoms with Crippen LogP contribution >= 0.6 is 0 Å². The number of aromatic nitrogens is 2. The summed E-state index contributed by atoms with van der Waals surface area (Å²) in [4.78, 5) is 9.02. The normalized spacial score (nSPS) is 9.90. The van der Waals surface area contributed by atoms with Crippen LogP contribution in [0.1, 0.15) is 11.3 Å². The fraction of sp³-hybridized carbons (Fsp3) is 0.111. The predicted octanol–water partition coefficient (Wildman–Crippen LogP) is 3.73. The Morgan fingerprint density at radius 2 is 1.67 bits per heavy atom. The van der Waals surface area contributed by atoms with Crippen LogP contribution < -0.4 is 0 Å². The quantitative estimate of drug-likeness (QED) is 0.562. The molecule has 0 bridgehead atoms. The summed E-state index contributed by atoms with van der Waals surface area (Å²) in [6.07, 6.45) is 3.67. The first-order valence-corrected chi connectivity index (χ1v) is 6.75. The van der Waals surface area contributed by atoms with Gasteiger partial charge in [-0.05, 0) is 37.1 Å². The third-order valence-corrected chi connectivity index (χ3v) is 3.16. The van der Waals surface area contributed by atoms with E-state index in [1.54, 1.807) is 6.20 Å². The first kappa shape index (κ1) is 15.6. The van der Waals surface area contributed by atoms with Crippen molar-refractivity contribution in [2.75, 3.05) is 0 Å². The van der Waals surface area contributed by atoms with Crippen LogP contribution in [0, 0.1) is 6.07 Å². The van der Waals surface area contributed by atoms with Crippen LogP contribution in [0.2, 0.25) is 0 Å². The van der Waals surface area contributed by atoms with Crippen molar-refractivity contribution < 1.29 is 21.1 Å². The van der Waals surface area contributed by atoms with Crippen molar-refractivity contribution in [2.24, 2.45) is 0 Å². The maximum absolute atomic E-state index is 4.68. The minimum absolute atomic E-state index is 0. The van der Waals surface area contributed by atoms with Crippen LogP contribution in [0.15, 0.2) is 66.9 Å². The molecule has 3 heteroatoms. The Morgan fingerprint density at radius 1 is 0.810 bits per heavy atom. The number of hydrogen-bond donors (Lipinski definition) is 0. The molecule has 0 amide bonds. The van der Waals surface area contributed by atoms with E-state index < -0.39 is 0 Å². The van der Waals surface area contributed by atoms with E-state index in [2.05, 4.69) is 28.2 Å². The van der Waals surface area contributed by atoms with Crippen molar-refractivity contribution in [1.82, 2.24) is 9.97 Å². The molecular formula is C18H15N2Pt-. The molecule has 108 valence electrons. The molecule has 2 nitrogen and oxygen atoms in total. The third kappa shape index (κ3) is 4.34. The van der Waals surface area contributed by atoms with E-state index in [1.807, 2.05) is 48.5 Å². The Morgan fingerprint density at radius 3 is 2.43 bits per heavy atom. The molecule has 2 heterocycles. The van der Waals surface area contributed by atoms with Gasteiger partial charge in [0, 0.05) is 33.0 Å². The molecule has 2 aromatic heterocycles.